The number of ether oxygens (including phenoxy) is 1. The van der Waals surface area contributed by atoms with Gasteiger partial charge in [-0.15, -0.1) is 0 Å². The summed E-state index contributed by atoms with van der Waals surface area (Å²) >= 11 is 1.83. The highest BCUT2D eigenvalue weighted by atomic mass is 32.2. The zero-order valence-electron chi connectivity index (χ0n) is 14.9. The summed E-state index contributed by atoms with van der Waals surface area (Å²) in [7, 11) is 0. The van der Waals surface area contributed by atoms with Gasteiger partial charge in [-0.3, -0.25) is 4.79 Å². The summed E-state index contributed by atoms with van der Waals surface area (Å²) in [6, 6.07) is 3.45. The molecule has 0 radical (unpaired) electrons. The second kappa shape index (κ2) is 8.95. The van der Waals surface area contributed by atoms with Crippen LogP contribution in [0, 0.1) is 11.6 Å². The molecule has 0 saturated carbocycles. The van der Waals surface area contributed by atoms with Gasteiger partial charge in [-0.05, 0) is 12.1 Å². The number of carbonyl (C=O) groups excluding carboxylic acids is 1. The number of aliphatic hydroxyl groups excluding tert-OH is 2. The molecule has 0 saturated heterocycles. The number of amides is 1. The van der Waals surface area contributed by atoms with Gasteiger partial charge < -0.3 is 31.3 Å². The van der Waals surface area contributed by atoms with E-state index in [9.17, 15) is 18.7 Å². The molecule has 3 rings (SSSR count). The van der Waals surface area contributed by atoms with Crippen molar-refractivity contribution in [1.29, 1.82) is 0 Å². The first kappa shape index (κ1) is 21.3. The van der Waals surface area contributed by atoms with E-state index in [0.717, 1.165) is 35.4 Å². The summed E-state index contributed by atoms with van der Waals surface area (Å²) in [6.45, 7) is -0.372. The lowest BCUT2D eigenvalue weighted by Crippen LogP contribution is -2.32. The fourth-order valence-electron chi connectivity index (χ4n) is 2.75. The normalized spacial score (nSPS) is 17.7. The summed E-state index contributed by atoms with van der Waals surface area (Å²) in [6.07, 6.45) is 0.566. The zero-order chi connectivity index (χ0) is 21.1. The topological polar surface area (TPSA) is 135 Å². The Morgan fingerprint density at radius 2 is 2.07 bits per heavy atom. The zero-order valence-corrected chi connectivity index (χ0v) is 16.6. The van der Waals surface area contributed by atoms with Gasteiger partial charge in [-0.25, -0.2) is 8.78 Å². The predicted molar refractivity (Wildman–Crippen MR) is 105 cm³/mol. The first-order valence-corrected chi connectivity index (χ1v) is 10.1. The average Bonchev–Trinajstić information content (AvgIpc) is 3.25. The first-order chi connectivity index (χ1) is 13.8. The molecule has 1 amide bonds. The SMILES string of the molecule is NC(=O)C1=C(N)SC(c2c(F)cccc2F)N1c1cnsc1OCCC(O)CO. The summed E-state index contributed by atoms with van der Waals surface area (Å²) < 4.78 is 38.5. The highest BCUT2D eigenvalue weighted by Gasteiger charge is 2.41. The number of aliphatic hydroxyl groups is 2. The number of halogens is 2. The summed E-state index contributed by atoms with van der Waals surface area (Å²) in [5.41, 5.74) is 11.3. The Labute approximate surface area is 172 Å². The molecule has 0 spiro atoms. The molecule has 1 aromatic carbocycles. The van der Waals surface area contributed by atoms with Crippen molar-refractivity contribution in [2.24, 2.45) is 11.5 Å². The van der Waals surface area contributed by atoms with Gasteiger partial charge in [0.2, 0.25) is 5.06 Å². The molecule has 8 nitrogen and oxygen atoms in total. The molecule has 2 unspecified atom stereocenters. The van der Waals surface area contributed by atoms with E-state index in [0.29, 0.717) is 0 Å². The Bertz CT molecular complexity index is 920. The quantitative estimate of drug-likeness (QED) is 0.480. The van der Waals surface area contributed by atoms with Crippen LogP contribution in [0.4, 0.5) is 14.5 Å². The van der Waals surface area contributed by atoms with Crippen LogP contribution in [0.2, 0.25) is 0 Å². The van der Waals surface area contributed by atoms with Crippen molar-refractivity contribution in [2.45, 2.75) is 17.9 Å². The smallest absolute Gasteiger partial charge is 0.268 e. The van der Waals surface area contributed by atoms with E-state index in [1.54, 1.807) is 0 Å². The molecule has 1 aliphatic heterocycles. The van der Waals surface area contributed by atoms with Crippen LogP contribution in [-0.4, -0.2) is 39.8 Å². The van der Waals surface area contributed by atoms with Crippen LogP contribution in [0.3, 0.4) is 0 Å². The van der Waals surface area contributed by atoms with E-state index in [2.05, 4.69) is 4.37 Å². The van der Waals surface area contributed by atoms with Gasteiger partial charge in [0.15, 0.2) is 0 Å². The Kier molecular flexibility index (Phi) is 6.57. The number of benzene rings is 1. The molecule has 0 aliphatic carbocycles. The number of carbonyl (C=O) groups is 1. The number of nitrogens with two attached hydrogens (primary N) is 2. The minimum atomic E-state index is -1.04. The van der Waals surface area contributed by atoms with Gasteiger partial charge in [0, 0.05) is 18.0 Å². The van der Waals surface area contributed by atoms with Crippen molar-refractivity contribution in [3.05, 3.63) is 52.3 Å². The summed E-state index contributed by atoms with van der Waals surface area (Å²) in [4.78, 5) is 13.3. The van der Waals surface area contributed by atoms with Crippen LogP contribution < -0.4 is 21.1 Å². The van der Waals surface area contributed by atoms with Gasteiger partial charge in [0.05, 0.1) is 36.1 Å². The summed E-state index contributed by atoms with van der Waals surface area (Å²) in [5.74, 6) is -2.48. The lowest BCUT2D eigenvalue weighted by atomic mass is 10.1. The molecule has 12 heteroatoms. The van der Waals surface area contributed by atoms with E-state index >= 15 is 0 Å². The third kappa shape index (κ3) is 4.29. The molecule has 2 atom stereocenters. The lowest BCUT2D eigenvalue weighted by Gasteiger charge is -2.27. The fourth-order valence-corrected chi connectivity index (χ4v) is 4.60. The van der Waals surface area contributed by atoms with Gasteiger partial charge in [0.25, 0.3) is 5.91 Å². The van der Waals surface area contributed by atoms with E-state index < -0.39 is 35.6 Å². The van der Waals surface area contributed by atoms with Gasteiger partial charge in [-0.2, -0.15) is 4.37 Å². The van der Waals surface area contributed by atoms with Crippen molar-refractivity contribution in [1.82, 2.24) is 4.37 Å². The standard InChI is InChI=1S/C17H18F2N4O4S2/c18-9-2-1-3-10(19)12(9)16-23(13(14(20)26)15(21)28-16)11-6-22-29-17(11)27-5-4-8(25)7-24/h1-3,6,8,16,24-25H,4-5,7,21H2,(H2,20,26). The number of thioether (sulfide) groups is 1. The van der Waals surface area contributed by atoms with Gasteiger partial charge in [-0.1, -0.05) is 17.8 Å². The maximum atomic E-state index is 14.5. The third-order valence-electron chi connectivity index (χ3n) is 4.10. The van der Waals surface area contributed by atoms with Crippen molar-refractivity contribution in [3.63, 3.8) is 0 Å². The number of hydrogen-bond acceptors (Lipinski definition) is 9. The largest absolute Gasteiger partial charge is 0.481 e. The second-order valence-electron chi connectivity index (χ2n) is 6.02. The maximum absolute atomic E-state index is 14.5. The van der Waals surface area contributed by atoms with Crippen molar-refractivity contribution < 1.29 is 28.5 Å². The number of anilines is 1. The van der Waals surface area contributed by atoms with Crippen LogP contribution >= 0.6 is 23.3 Å². The second-order valence-corrected chi connectivity index (χ2v) is 7.91. The summed E-state index contributed by atoms with van der Waals surface area (Å²) in [5, 5.41) is 17.5. The molecule has 1 aliphatic rings. The molecule has 0 bridgehead atoms. The van der Waals surface area contributed by atoms with E-state index in [1.165, 1.54) is 17.2 Å². The molecule has 6 N–H and O–H groups in total. The Balaban J connectivity index is 1.99. The lowest BCUT2D eigenvalue weighted by molar-refractivity contribution is -0.114. The van der Waals surface area contributed by atoms with Crippen LogP contribution in [0.5, 0.6) is 5.06 Å². The number of hydrogen-bond donors (Lipinski definition) is 4. The Morgan fingerprint density at radius 1 is 1.38 bits per heavy atom. The number of aromatic nitrogens is 1. The van der Waals surface area contributed by atoms with Crippen LogP contribution in [0.1, 0.15) is 17.4 Å². The predicted octanol–water partition coefficient (Wildman–Crippen LogP) is 1.41. The van der Waals surface area contributed by atoms with Crippen LogP contribution in [0.25, 0.3) is 0 Å². The van der Waals surface area contributed by atoms with E-state index in [4.69, 9.17) is 21.3 Å². The van der Waals surface area contributed by atoms with Gasteiger partial charge >= 0.3 is 0 Å². The number of rotatable bonds is 8. The third-order valence-corrected chi connectivity index (χ3v) is 5.92. The van der Waals surface area contributed by atoms with E-state index in [-0.39, 0.29) is 40.1 Å². The minimum absolute atomic E-state index is 0.0120. The molecule has 1 aromatic heterocycles. The molecular weight excluding hydrogens is 426 g/mol. The van der Waals surface area contributed by atoms with Crippen molar-refractivity contribution in [2.75, 3.05) is 18.1 Å². The Hall–Kier alpha value is -2.41. The fraction of sp³-hybridized carbons (Fsp3) is 0.294. The van der Waals surface area contributed by atoms with Crippen molar-refractivity contribution in [3.8, 4) is 5.06 Å². The van der Waals surface area contributed by atoms with Crippen LogP contribution in [-0.2, 0) is 4.79 Å². The average molecular weight is 444 g/mol. The molecule has 29 heavy (non-hydrogen) atoms. The first-order valence-electron chi connectivity index (χ1n) is 8.40. The molecule has 2 heterocycles. The molecule has 156 valence electrons. The van der Waals surface area contributed by atoms with Crippen LogP contribution in [0.15, 0.2) is 35.1 Å². The molecule has 0 fully saturated rings. The molecular formula is C17H18F2N4O4S2. The highest BCUT2D eigenvalue weighted by Crippen LogP contribution is 2.52. The monoisotopic (exact) mass is 444 g/mol. The van der Waals surface area contributed by atoms with Crippen molar-refractivity contribution >= 4 is 34.9 Å². The van der Waals surface area contributed by atoms with Gasteiger partial charge in [0.1, 0.15) is 28.4 Å². The maximum Gasteiger partial charge on any atom is 0.268 e. The molecule has 2 aromatic rings. The number of primary amides is 1. The minimum Gasteiger partial charge on any atom is -0.481 e. The highest BCUT2D eigenvalue weighted by molar-refractivity contribution is 8.03. The van der Waals surface area contributed by atoms with E-state index in [1.807, 2.05) is 0 Å². The number of nitrogens with zero attached hydrogens (tertiary/aromatic N) is 2. The Morgan fingerprint density at radius 3 is 2.69 bits per heavy atom.